The van der Waals surface area contributed by atoms with Crippen molar-refractivity contribution < 1.29 is 13.2 Å². The summed E-state index contributed by atoms with van der Waals surface area (Å²) >= 11 is 6.34. The third-order valence-electron chi connectivity index (χ3n) is 5.65. The van der Waals surface area contributed by atoms with Crippen molar-refractivity contribution in [1.29, 1.82) is 0 Å². The summed E-state index contributed by atoms with van der Waals surface area (Å²) in [7, 11) is 0. The molecule has 1 aliphatic rings. The Hall–Kier alpha value is -2.51. The van der Waals surface area contributed by atoms with Crippen LogP contribution >= 0.6 is 11.6 Å². The summed E-state index contributed by atoms with van der Waals surface area (Å²) < 4.78 is 39.1. The molecule has 4 rings (SSSR count). The smallest absolute Gasteiger partial charge is 0.374 e. The highest BCUT2D eigenvalue weighted by Gasteiger charge is 2.37. The van der Waals surface area contributed by atoms with Crippen LogP contribution in [-0.2, 0) is 12.1 Å². The second kappa shape index (κ2) is 7.63. The summed E-state index contributed by atoms with van der Waals surface area (Å²) in [5, 5.41) is 8.42. The predicted octanol–water partition coefficient (Wildman–Crippen LogP) is 4.83. The van der Waals surface area contributed by atoms with Crippen molar-refractivity contribution in [3.05, 3.63) is 75.2 Å². The van der Waals surface area contributed by atoms with E-state index in [0.717, 1.165) is 24.1 Å². The van der Waals surface area contributed by atoms with E-state index in [1.807, 2.05) is 31.2 Å². The van der Waals surface area contributed by atoms with E-state index in [2.05, 4.69) is 10.6 Å². The van der Waals surface area contributed by atoms with Crippen molar-refractivity contribution in [2.45, 2.75) is 31.6 Å². The lowest BCUT2D eigenvalue weighted by atomic mass is 9.85. The number of anilines is 1. The minimum Gasteiger partial charge on any atom is -0.374 e. The standard InChI is InChI=1S/C22H21ClF3N3O/c1-14-18(3-2-4-19(14)23)21(8-9-27-12-21)28-16-6-5-15-7-10-29(13-22(24,25)26)20(30)17(15)11-16/h2-7,10-11,27-28H,8-9,12-13H2,1H3. The third kappa shape index (κ3) is 3.91. The van der Waals surface area contributed by atoms with E-state index in [1.165, 1.54) is 12.3 Å². The van der Waals surface area contributed by atoms with Gasteiger partial charge in [0.25, 0.3) is 5.56 Å². The number of rotatable bonds is 4. The summed E-state index contributed by atoms with van der Waals surface area (Å²) in [5.41, 5.74) is 1.62. The molecule has 2 heterocycles. The van der Waals surface area contributed by atoms with Crippen molar-refractivity contribution in [1.82, 2.24) is 9.88 Å². The molecule has 158 valence electrons. The van der Waals surface area contributed by atoms with Crippen LogP contribution in [0.4, 0.5) is 18.9 Å². The van der Waals surface area contributed by atoms with Crippen LogP contribution in [0.25, 0.3) is 10.8 Å². The highest BCUT2D eigenvalue weighted by Crippen LogP contribution is 2.36. The zero-order valence-electron chi connectivity index (χ0n) is 16.3. The number of halogens is 4. The van der Waals surface area contributed by atoms with Crippen molar-refractivity contribution in [3.8, 4) is 0 Å². The molecule has 30 heavy (non-hydrogen) atoms. The van der Waals surface area contributed by atoms with Crippen LogP contribution < -0.4 is 16.2 Å². The lowest BCUT2D eigenvalue weighted by Crippen LogP contribution is -2.38. The first-order chi connectivity index (χ1) is 14.2. The molecule has 2 N–H and O–H groups in total. The number of nitrogens with zero attached hydrogens (tertiary/aromatic N) is 1. The Bertz CT molecular complexity index is 1150. The normalized spacial score (nSPS) is 19.4. The highest BCUT2D eigenvalue weighted by molar-refractivity contribution is 6.31. The van der Waals surface area contributed by atoms with Gasteiger partial charge in [0.2, 0.25) is 0 Å². The lowest BCUT2D eigenvalue weighted by Gasteiger charge is -2.33. The van der Waals surface area contributed by atoms with Gasteiger partial charge in [-0.3, -0.25) is 4.79 Å². The average Bonchev–Trinajstić information content (AvgIpc) is 3.15. The fourth-order valence-corrected chi connectivity index (χ4v) is 4.35. The quantitative estimate of drug-likeness (QED) is 0.617. The van der Waals surface area contributed by atoms with Gasteiger partial charge in [-0.05, 0) is 60.7 Å². The molecule has 1 atom stereocenters. The minimum atomic E-state index is -4.46. The second-order valence-corrected chi connectivity index (χ2v) is 8.12. The summed E-state index contributed by atoms with van der Waals surface area (Å²) in [6.07, 6.45) is -2.47. The SMILES string of the molecule is Cc1c(Cl)cccc1C1(Nc2ccc3ccn(CC(F)(F)F)c(=O)c3c2)CCNC1. The van der Waals surface area contributed by atoms with Crippen molar-refractivity contribution in [2.24, 2.45) is 0 Å². The number of pyridine rings is 1. The van der Waals surface area contributed by atoms with Gasteiger partial charge >= 0.3 is 6.18 Å². The monoisotopic (exact) mass is 435 g/mol. The van der Waals surface area contributed by atoms with Gasteiger partial charge in [-0.1, -0.05) is 29.8 Å². The van der Waals surface area contributed by atoms with Gasteiger partial charge in [0.05, 0.1) is 5.54 Å². The maximum absolute atomic E-state index is 12.8. The molecule has 4 nitrogen and oxygen atoms in total. The zero-order chi connectivity index (χ0) is 21.5. The molecule has 0 radical (unpaired) electrons. The number of hydrogen-bond donors (Lipinski definition) is 2. The highest BCUT2D eigenvalue weighted by atomic mass is 35.5. The van der Waals surface area contributed by atoms with Crippen LogP contribution in [0.5, 0.6) is 0 Å². The molecule has 1 unspecified atom stereocenters. The van der Waals surface area contributed by atoms with Crippen LogP contribution in [0.15, 0.2) is 53.5 Å². The van der Waals surface area contributed by atoms with E-state index in [1.54, 1.807) is 12.1 Å². The number of alkyl halides is 3. The van der Waals surface area contributed by atoms with Gasteiger partial charge in [-0.15, -0.1) is 0 Å². The van der Waals surface area contributed by atoms with E-state index in [9.17, 15) is 18.0 Å². The Labute approximate surface area is 176 Å². The molecule has 0 amide bonds. The van der Waals surface area contributed by atoms with Crippen LogP contribution in [0.3, 0.4) is 0 Å². The largest absolute Gasteiger partial charge is 0.406 e. The molecule has 1 fully saturated rings. The van der Waals surface area contributed by atoms with E-state index in [0.29, 0.717) is 27.2 Å². The Kier molecular flexibility index (Phi) is 5.28. The molecular weight excluding hydrogens is 415 g/mol. The summed E-state index contributed by atoms with van der Waals surface area (Å²) in [6.45, 7) is 2.13. The topological polar surface area (TPSA) is 46.1 Å². The minimum absolute atomic E-state index is 0.246. The van der Waals surface area contributed by atoms with Crippen molar-refractivity contribution in [3.63, 3.8) is 0 Å². The molecule has 0 aliphatic carbocycles. The van der Waals surface area contributed by atoms with Gasteiger partial charge in [-0.2, -0.15) is 13.2 Å². The van der Waals surface area contributed by atoms with E-state index in [-0.39, 0.29) is 5.39 Å². The molecule has 1 aromatic heterocycles. The van der Waals surface area contributed by atoms with Crippen LogP contribution in [0.2, 0.25) is 5.02 Å². The molecular formula is C22H21ClF3N3O. The molecule has 1 saturated heterocycles. The summed E-state index contributed by atoms with van der Waals surface area (Å²) in [6, 6.07) is 12.5. The molecule has 0 bridgehead atoms. The Balaban J connectivity index is 1.76. The Morgan fingerprint density at radius 1 is 1.23 bits per heavy atom. The number of fused-ring (bicyclic) bond motifs is 1. The number of benzene rings is 2. The number of hydrogen-bond acceptors (Lipinski definition) is 3. The molecule has 0 saturated carbocycles. The van der Waals surface area contributed by atoms with Gasteiger partial charge in [-0.25, -0.2) is 0 Å². The van der Waals surface area contributed by atoms with Crippen molar-refractivity contribution >= 4 is 28.1 Å². The molecule has 2 aromatic carbocycles. The molecule has 3 aromatic rings. The fourth-order valence-electron chi connectivity index (χ4n) is 4.17. The number of nitrogens with one attached hydrogen (secondary N) is 2. The first-order valence-corrected chi connectivity index (χ1v) is 10.0. The first kappa shape index (κ1) is 20.8. The maximum Gasteiger partial charge on any atom is 0.406 e. The van der Waals surface area contributed by atoms with Gasteiger partial charge in [0.15, 0.2) is 0 Å². The average molecular weight is 436 g/mol. The molecule has 1 aliphatic heterocycles. The first-order valence-electron chi connectivity index (χ1n) is 9.63. The molecule has 8 heteroatoms. The Morgan fingerprint density at radius 2 is 2.03 bits per heavy atom. The van der Waals surface area contributed by atoms with Gasteiger partial charge in [0, 0.05) is 28.8 Å². The maximum atomic E-state index is 12.8. The van der Waals surface area contributed by atoms with Gasteiger partial charge < -0.3 is 15.2 Å². The van der Waals surface area contributed by atoms with Crippen LogP contribution in [-0.4, -0.2) is 23.8 Å². The van der Waals surface area contributed by atoms with Crippen LogP contribution in [0.1, 0.15) is 17.5 Å². The van der Waals surface area contributed by atoms with Gasteiger partial charge in [0.1, 0.15) is 6.54 Å². The third-order valence-corrected chi connectivity index (χ3v) is 6.06. The van der Waals surface area contributed by atoms with E-state index in [4.69, 9.17) is 11.6 Å². The summed E-state index contributed by atoms with van der Waals surface area (Å²) in [4.78, 5) is 12.6. The van der Waals surface area contributed by atoms with E-state index < -0.39 is 23.8 Å². The zero-order valence-corrected chi connectivity index (χ0v) is 17.1. The fraction of sp³-hybridized carbons (Fsp3) is 0.318. The predicted molar refractivity (Wildman–Crippen MR) is 113 cm³/mol. The Morgan fingerprint density at radius 3 is 2.73 bits per heavy atom. The van der Waals surface area contributed by atoms with E-state index >= 15 is 0 Å². The lowest BCUT2D eigenvalue weighted by molar-refractivity contribution is -0.141. The van der Waals surface area contributed by atoms with Crippen LogP contribution in [0, 0.1) is 6.92 Å². The van der Waals surface area contributed by atoms with Crippen molar-refractivity contribution in [2.75, 3.05) is 18.4 Å². The second-order valence-electron chi connectivity index (χ2n) is 7.71. The number of aromatic nitrogens is 1. The summed E-state index contributed by atoms with van der Waals surface area (Å²) in [5.74, 6) is 0. The molecule has 0 spiro atoms.